The molecule has 0 aliphatic rings. The Balaban J connectivity index is 2.38. The minimum absolute atomic E-state index is 0.184. The lowest BCUT2D eigenvalue weighted by Gasteiger charge is -2.20. The van der Waals surface area contributed by atoms with Crippen LogP contribution in [0.5, 0.6) is 5.75 Å². The monoisotopic (exact) mass is 339 g/mol. The van der Waals surface area contributed by atoms with Crippen LogP contribution in [0.3, 0.4) is 0 Å². The van der Waals surface area contributed by atoms with Gasteiger partial charge in [0.2, 0.25) is 0 Å². The Kier molecular flexibility index (Phi) is 5.43. The quantitative estimate of drug-likeness (QED) is 0.829. The van der Waals surface area contributed by atoms with E-state index in [1.807, 2.05) is 19.1 Å². The lowest BCUT2D eigenvalue weighted by molar-refractivity contribution is 0.334. The molecule has 0 bridgehead atoms. The summed E-state index contributed by atoms with van der Waals surface area (Å²) < 4.78 is 6.87. The third-order valence-electron chi connectivity index (χ3n) is 2.81. The molecule has 0 spiro atoms. The van der Waals surface area contributed by atoms with Crippen LogP contribution in [0.15, 0.2) is 40.2 Å². The van der Waals surface area contributed by atoms with Gasteiger partial charge in [-0.15, -0.1) is 11.3 Å². The van der Waals surface area contributed by atoms with Crippen LogP contribution in [0.1, 0.15) is 30.3 Å². The second-order valence-corrected chi connectivity index (χ2v) is 5.99. The first kappa shape index (κ1) is 14.6. The van der Waals surface area contributed by atoms with Gasteiger partial charge >= 0.3 is 0 Å². The second kappa shape index (κ2) is 7.08. The molecule has 2 rings (SSSR count). The second-order valence-electron chi connectivity index (χ2n) is 4.13. The third-order valence-corrected chi connectivity index (χ3v) is 4.57. The summed E-state index contributed by atoms with van der Waals surface area (Å²) in [6.45, 7) is 5.74. The molecule has 19 heavy (non-hydrogen) atoms. The first-order valence-corrected chi connectivity index (χ1v) is 8.12. The topological polar surface area (TPSA) is 21.3 Å². The first-order valence-electron chi connectivity index (χ1n) is 6.45. The predicted octanol–water partition coefficient (Wildman–Crippen LogP) is 4.61. The van der Waals surface area contributed by atoms with Gasteiger partial charge in [0, 0.05) is 20.3 Å². The molecule has 0 saturated heterocycles. The Hall–Kier alpha value is -0.840. The van der Waals surface area contributed by atoms with Crippen LogP contribution in [0.4, 0.5) is 0 Å². The molecular weight excluding hydrogens is 322 g/mol. The van der Waals surface area contributed by atoms with Crippen LogP contribution in [-0.4, -0.2) is 13.2 Å². The highest BCUT2D eigenvalue weighted by Crippen LogP contribution is 2.34. The van der Waals surface area contributed by atoms with E-state index in [0.29, 0.717) is 6.61 Å². The molecular formula is C15H18BrNOS. The Morgan fingerprint density at radius 2 is 2.11 bits per heavy atom. The zero-order valence-corrected chi connectivity index (χ0v) is 13.6. The summed E-state index contributed by atoms with van der Waals surface area (Å²) in [5.41, 5.74) is 1.19. The number of thiophene rings is 1. The molecule has 0 fully saturated rings. The molecule has 0 aliphatic carbocycles. The maximum absolute atomic E-state index is 5.75. The van der Waals surface area contributed by atoms with E-state index in [1.54, 1.807) is 11.3 Å². The third kappa shape index (κ3) is 3.59. The standard InChI is InChI=1S/C15H18BrNOS/c1-3-17-15(14-9-11(16)10-19-14)12-7-5-6-8-13(12)18-4-2/h5-10,15,17H,3-4H2,1-2H3. The van der Waals surface area contributed by atoms with Crippen LogP contribution in [0.25, 0.3) is 0 Å². The molecule has 0 amide bonds. The summed E-state index contributed by atoms with van der Waals surface area (Å²) in [5.74, 6) is 0.959. The average molecular weight is 340 g/mol. The zero-order valence-electron chi connectivity index (χ0n) is 11.2. The molecule has 0 aliphatic heterocycles. The minimum atomic E-state index is 0.184. The van der Waals surface area contributed by atoms with E-state index in [4.69, 9.17) is 4.74 Å². The lowest BCUT2D eigenvalue weighted by atomic mass is 10.0. The molecule has 2 nitrogen and oxygen atoms in total. The number of rotatable bonds is 6. The Morgan fingerprint density at radius 1 is 1.32 bits per heavy atom. The fraction of sp³-hybridized carbons (Fsp3) is 0.333. The summed E-state index contributed by atoms with van der Waals surface area (Å²) in [7, 11) is 0. The summed E-state index contributed by atoms with van der Waals surface area (Å²) in [6, 6.07) is 10.6. The van der Waals surface area contributed by atoms with Crippen LogP contribution >= 0.6 is 27.3 Å². The van der Waals surface area contributed by atoms with Gasteiger partial charge in [0.25, 0.3) is 0 Å². The van der Waals surface area contributed by atoms with Crippen LogP contribution in [0, 0.1) is 0 Å². The number of benzene rings is 1. The van der Waals surface area contributed by atoms with E-state index in [0.717, 1.165) is 16.8 Å². The van der Waals surface area contributed by atoms with Gasteiger partial charge in [-0.05, 0) is 41.5 Å². The number of hydrogen-bond acceptors (Lipinski definition) is 3. The fourth-order valence-electron chi connectivity index (χ4n) is 2.05. The van der Waals surface area contributed by atoms with Crippen molar-refractivity contribution in [1.82, 2.24) is 5.32 Å². The van der Waals surface area contributed by atoms with E-state index in [2.05, 4.69) is 51.7 Å². The SMILES string of the molecule is CCNC(c1cc(Br)cs1)c1ccccc1OCC. The van der Waals surface area contributed by atoms with E-state index >= 15 is 0 Å². The minimum Gasteiger partial charge on any atom is -0.494 e. The Morgan fingerprint density at radius 3 is 2.74 bits per heavy atom. The van der Waals surface area contributed by atoms with Gasteiger partial charge in [-0.2, -0.15) is 0 Å². The van der Waals surface area contributed by atoms with Gasteiger partial charge in [-0.1, -0.05) is 25.1 Å². The Bertz CT molecular complexity index is 526. The van der Waals surface area contributed by atoms with Crippen molar-refractivity contribution in [3.05, 3.63) is 50.6 Å². The number of halogens is 1. The maximum atomic E-state index is 5.75. The highest BCUT2D eigenvalue weighted by molar-refractivity contribution is 9.10. The number of nitrogens with one attached hydrogen (secondary N) is 1. The highest BCUT2D eigenvalue weighted by atomic mass is 79.9. The summed E-state index contributed by atoms with van der Waals surface area (Å²) >= 11 is 5.28. The van der Waals surface area contributed by atoms with Gasteiger partial charge in [-0.3, -0.25) is 0 Å². The van der Waals surface area contributed by atoms with E-state index < -0.39 is 0 Å². The maximum Gasteiger partial charge on any atom is 0.124 e. The van der Waals surface area contributed by atoms with Crippen molar-refractivity contribution in [3.63, 3.8) is 0 Å². The molecule has 1 atom stereocenters. The normalized spacial score (nSPS) is 12.4. The molecule has 2 aromatic rings. The molecule has 1 unspecified atom stereocenters. The summed E-state index contributed by atoms with van der Waals surface area (Å²) in [6.07, 6.45) is 0. The molecule has 4 heteroatoms. The number of ether oxygens (including phenoxy) is 1. The molecule has 0 radical (unpaired) electrons. The van der Waals surface area contributed by atoms with Gasteiger partial charge < -0.3 is 10.1 Å². The Labute approximate surface area is 126 Å². The smallest absolute Gasteiger partial charge is 0.124 e. The van der Waals surface area contributed by atoms with Crippen molar-refractivity contribution in [3.8, 4) is 5.75 Å². The molecule has 1 aromatic carbocycles. The number of hydrogen-bond donors (Lipinski definition) is 1. The largest absolute Gasteiger partial charge is 0.494 e. The van der Waals surface area contributed by atoms with Crippen molar-refractivity contribution in [1.29, 1.82) is 0 Å². The first-order chi connectivity index (χ1) is 9.26. The van der Waals surface area contributed by atoms with Gasteiger partial charge in [0.15, 0.2) is 0 Å². The fourth-order valence-corrected chi connectivity index (χ4v) is 3.59. The van der Waals surface area contributed by atoms with Crippen molar-refractivity contribution in [2.24, 2.45) is 0 Å². The van der Waals surface area contributed by atoms with Crippen LogP contribution < -0.4 is 10.1 Å². The predicted molar refractivity (Wildman–Crippen MR) is 85.1 cm³/mol. The molecule has 1 heterocycles. The van der Waals surface area contributed by atoms with Crippen molar-refractivity contribution < 1.29 is 4.74 Å². The zero-order chi connectivity index (χ0) is 13.7. The van der Waals surface area contributed by atoms with E-state index in [-0.39, 0.29) is 6.04 Å². The van der Waals surface area contributed by atoms with Crippen LogP contribution in [-0.2, 0) is 0 Å². The van der Waals surface area contributed by atoms with Gasteiger partial charge in [0.05, 0.1) is 12.6 Å². The summed E-state index contributed by atoms with van der Waals surface area (Å²) in [4.78, 5) is 1.29. The van der Waals surface area contributed by atoms with Gasteiger partial charge in [-0.25, -0.2) is 0 Å². The molecule has 102 valence electrons. The molecule has 1 aromatic heterocycles. The van der Waals surface area contributed by atoms with E-state index in [9.17, 15) is 0 Å². The average Bonchev–Trinajstić information content (AvgIpc) is 2.84. The highest BCUT2D eigenvalue weighted by Gasteiger charge is 2.18. The molecule has 1 N–H and O–H groups in total. The van der Waals surface area contributed by atoms with Crippen molar-refractivity contribution in [2.75, 3.05) is 13.2 Å². The molecule has 0 saturated carbocycles. The van der Waals surface area contributed by atoms with Crippen LogP contribution in [0.2, 0.25) is 0 Å². The van der Waals surface area contributed by atoms with E-state index in [1.165, 1.54) is 10.4 Å². The van der Waals surface area contributed by atoms with Gasteiger partial charge in [0.1, 0.15) is 5.75 Å². The van der Waals surface area contributed by atoms with Crippen molar-refractivity contribution in [2.45, 2.75) is 19.9 Å². The lowest BCUT2D eigenvalue weighted by Crippen LogP contribution is -2.21. The summed E-state index contributed by atoms with van der Waals surface area (Å²) in [5, 5.41) is 5.65. The number of para-hydroxylation sites is 1. The van der Waals surface area contributed by atoms with Crippen molar-refractivity contribution >= 4 is 27.3 Å².